The zero-order chi connectivity index (χ0) is 20.4. The van der Waals surface area contributed by atoms with Crippen molar-refractivity contribution in [2.24, 2.45) is 10.1 Å². The number of hydrogen-bond donors (Lipinski definition) is 1. The number of benzene rings is 1. The SMILES string of the molecule is CCOc1ccc(C(C)c2ccoc2)cc1N(C)C(=S)N=S(=O)=O.NC=O. The van der Waals surface area contributed by atoms with E-state index in [1.54, 1.807) is 19.6 Å². The number of nitrogens with zero attached hydrogens (tertiary/aromatic N) is 2. The molecule has 0 bridgehead atoms. The Morgan fingerprint density at radius 3 is 2.59 bits per heavy atom. The van der Waals surface area contributed by atoms with Gasteiger partial charge in [0.25, 0.3) is 0 Å². The lowest BCUT2D eigenvalue weighted by Gasteiger charge is -2.22. The summed E-state index contributed by atoms with van der Waals surface area (Å²) in [5.74, 6) is 0.711. The highest BCUT2D eigenvalue weighted by Gasteiger charge is 2.17. The molecule has 1 heterocycles. The average molecular weight is 412 g/mol. The smallest absolute Gasteiger partial charge is 0.318 e. The van der Waals surface area contributed by atoms with E-state index in [9.17, 15) is 8.42 Å². The fourth-order valence-electron chi connectivity index (χ4n) is 2.29. The predicted octanol–water partition coefficient (Wildman–Crippen LogP) is 2.72. The minimum Gasteiger partial charge on any atom is -0.492 e. The average Bonchev–Trinajstić information content (AvgIpc) is 3.16. The van der Waals surface area contributed by atoms with E-state index in [0.29, 0.717) is 18.0 Å². The van der Waals surface area contributed by atoms with Crippen LogP contribution in [0.5, 0.6) is 5.75 Å². The Kier molecular flexibility index (Phi) is 9.17. The van der Waals surface area contributed by atoms with E-state index < -0.39 is 10.5 Å². The first-order valence-electron chi connectivity index (χ1n) is 7.88. The van der Waals surface area contributed by atoms with Crippen molar-refractivity contribution in [2.45, 2.75) is 19.8 Å². The Bertz CT molecular complexity index is 887. The summed E-state index contributed by atoms with van der Waals surface area (Å²) >= 11 is 5.06. The minimum absolute atomic E-state index is 0.0580. The molecule has 1 amide bonds. The van der Waals surface area contributed by atoms with Crippen molar-refractivity contribution in [3.63, 3.8) is 0 Å². The van der Waals surface area contributed by atoms with Gasteiger partial charge in [-0.1, -0.05) is 13.0 Å². The molecule has 1 aromatic carbocycles. The molecule has 1 aromatic heterocycles. The van der Waals surface area contributed by atoms with Crippen LogP contribution in [-0.2, 0) is 15.3 Å². The van der Waals surface area contributed by atoms with E-state index in [4.69, 9.17) is 26.2 Å². The molecule has 0 saturated heterocycles. The maximum atomic E-state index is 10.8. The summed E-state index contributed by atoms with van der Waals surface area (Å²) < 4.78 is 35.7. The summed E-state index contributed by atoms with van der Waals surface area (Å²) in [6.07, 6.45) is 3.58. The van der Waals surface area contributed by atoms with Crippen molar-refractivity contribution in [1.82, 2.24) is 0 Å². The standard InChI is InChI=1S/C16H18N2O4S2.CH3NO/c1-4-22-15-6-5-12(11(2)13-7-8-21-10-13)9-14(15)18(3)16(23)17-24(19)20;2-1-3/h5-11H,4H2,1-3H3;1H,(H2,2,3). The van der Waals surface area contributed by atoms with Crippen molar-refractivity contribution in [3.8, 4) is 5.75 Å². The Balaban J connectivity index is 0.00000114. The van der Waals surface area contributed by atoms with Crippen LogP contribution in [0.1, 0.15) is 30.9 Å². The molecular formula is C17H21N3O5S2. The molecule has 146 valence electrons. The van der Waals surface area contributed by atoms with Crippen LogP contribution in [0, 0.1) is 0 Å². The zero-order valence-electron chi connectivity index (χ0n) is 15.2. The van der Waals surface area contributed by atoms with Crippen LogP contribution in [0.3, 0.4) is 0 Å². The van der Waals surface area contributed by atoms with Crippen molar-refractivity contribution in [3.05, 3.63) is 47.9 Å². The second-order valence-electron chi connectivity index (χ2n) is 5.22. The second-order valence-corrected chi connectivity index (χ2v) is 6.21. The van der Waals surface area contributed by atoms with Crippen molar-refractivity contribution >= 4 is 39.9 Å². The fourth-order valence-corrected chi connectivity index (χ4v) is 2.82. The minimum atomic E-state index is -2.60. The van der Waals surface area contributed by atoms with Crippen LogP contribution in [-0.4, -0.2) is 33.6 Å². The summed E-state index contributed by atoms with van der Waals surface area (Å²) in [6.45, 7) is 4.41. The van der Waals surface area contributed by atoms with Crippen LogP contribution in [0.15, 0.2) is 45.6 Å². The van der Waals surface area contributed by atoms with E-state index in [1.807, 2.05) is 31.2 Å². The van der Waals surface area contributed by atoms with Gasteiger partial charge in [0.2, 0.25) is 11.5 Å². The van der Waals surface area contributed by atoms with Crippen molar-refractivity contribution in [1.29, 1.82) is 0 Å². The number of carbonyl (C=O) groups is 1. The summed E-state index contributed by atoms with van der Waals surface area (Å²) in [4.78, 5) is 10.1. The highest BCUT2D eigenvalue weighted by molar-refractivity contribution is 7.81. The quantitative estimate of drug-likeness (QED) is 0.594. The second kappa shape index (κ2) is 11.1. The molecular weight excluding hydrogens is 390 g/mol. The van der Waals surface area contributed by atoms with E-state index in [2.05, 4.69) is 17.0 Å². The Labute approximate surface area is 164 Å². The number of primary amides is 1. The van der Waals surface area contributed by atoms with Gasteiger partial charge >= 0.3 is 10.5 Å². The maximum Gasteiger partial charge on any atom is 0.318 e. The number of nitrogens with two attached hydrogens (primary N) is 1. The summed E-state index contributed by atoms with van der Waals surface area (Å²) in [6, 6.07) is 7.63. The van der Waals surface area contributed by atoms with Crippen molar-refractivity contribution < 1.29 is 22.4 Å². The first-order chi connectivity index (χ1) is 12.8. The molecule has 0 spiro atoms. The van der Waals surface area contributed by atoms with Crippen LogP contribution < -0.4 is 15.4 Å². The van der Waals surface area contributed by atoms with Crippen LogP contribution in [0.4, 0.5) is 5.69 Å². The third-order valence-electron chi connectivity index (χ3n) is 3.63. The highest BCUT2D eigenvalue weighted by atomic mass is 32.2. The third-order valence-corrected chi connectivity index (χ3v) is 4.43. The molecule has 1 atom stereocenters. The first kappa shape index (κ1) is 22.3. The molecule has 2 rings (SSSR count). The maximum absolute atomic E-state index is 10.8. The van der Waals surface area contributed by atoms with E-state index in [-0.39, 0.29) is 17.4 Å². The topological polar surface area (TPSA) is 115 Å². The Morgan fingerprint density at radius 2 is 2.07 bits per heavy atom. The number of carbonyl (C=O) groups excluding carboxylic acids is 1. The number of amides is 1. The van der Waals surface area contributed by atoms with Crippen molar-refractivity contribution in [2.75, 3.05) is 18.6 Å². The van der Waals surface area contributed by atoms with Gasteiger partial charge in [0.15, 0.2) is 0 Å². The predicted molar refractivity (Wildman–Crippen MR) is 106 cm³/mol. The zero-order valence-corrected chi connectivity index (χ0v) is 16.8. The Morgan fingerprint density at radius 1 is 1.41 bits per heavy atom. The number of hydrogen-bond acceptors (Lipinski definition) is 6. The normalized spacial score (nSPS) is 10.8. The monoisotopic (exact) mass is 411 g/mol. The number of anilines is 1. The lowest BCUT2D eigenvalue weighted by Crippen LogP contribution is -2.23. The summed E-state index contributed by atoms with van der Waals surface area (Å²) in [7, 11) is -0.944. The molecule has 0 saturated carbocycles. The van der Waals surface area contributed by atoms with Crippen LogP contribution in [0.2, 0.25) is 0 Å². The molecule has 0 radical (unpaired) electrons. The summed E-state index contributed by atoms with van der Waals surface area (Å²) in [5.41, 5.74) is 6.89. The molecule has 0 fully saturated rings. The molecule has 0 aliphatic heterocycles. The lowest BCUT2D eigenvalue weighted by molar-refractivity contribution is -0.106. The molecule has 0 aliphatic rings. The number of thiocarbonyl (C=S) groups is 1. The molecule has 8 nitrogen and oxygen atoms in total. The van der Waals surface area contributed by atoms with E-state index >= 15 is 0 Å². The highest BCUT2D eigenvalue weighted by Crippen LogP contribution is 2.34. The Hall–Kier alpha value is -2.72. The number of ether oxygens (including phenoxy) is 1. The van der Waals surface area contributed by atoms with Gasteiger partial charge in [0.1, 0.15) is 5.75 Å². The van der Waals surface area contributed by atoms with Crippen LogP contribution in [0.25, 0.3) is 0 Å². The van der Waals surface area contributed by atoms with E-state index in [0.717, 1.165) is 11.1 Å². The first-order valence-corrected chi connectivity index (χ1v) is 9.32. The van der Waals surface area contributed by atoms with Crippen LogP contribution >= 0.6 is 12.2 Å². The molecule has 1 unspecified atom stereocenters. The van der Waals surface area contributed by atoms with Gasteiger partial charge in [-0.15, -0.1) is 4.36 Å². The summed E-state index contributed by atoms with van der Waals surface area (Å²) in [5, 5.41) is -0.0580. The number of furan rings is 1. The van der Waals surface area contributed by atoms with Gasteiger partial charge < -0.3 is 19.8 Å². The molecule has 2 N–H and O–H groups in total. The van der Waals surface area contributed by atoms with Gasteiger partial charge in [-0.3, -0.25) is 4.79 Å². The number of rotatable bonds is 5. The van der Waals surface area contributed by atoms with Gasteiger partial charge in [0.05, 0.1) is 24.8 Å². The largest absolute Gasteiger partial charge is 0.492 e. The van der Waals surface area contributed by atoms with E-state index in [1.165, 1.54) is 4.90 Å². The molecule has 27 heavy (non-hydrogen) atoms. The molecule has 2 aromatic rings. The van der Waals surface area contributed by atoms with Gasteiger partial charge in [-0.2, -0.15) is 8.42 Å². The fraction of sp³-hybridized carbons (Fsp3) is 0.294. The molecule has 10 heteroatoms. The third kappa shape index (κ3) is 6.50. The van der Waals surface area contributed by atoms with Gasteiger partial charge in [-0.05, 0) is 48.5 Å². The lowest BCUT2D eigenvalue weighted by atomic mass is 9.94. The van der Waals surface area contributed by atoms with Gasteiger partial charge in [0, 0.05) is 13.0 Å². The van der Waals surface area contributed by atoms with Gasteiger partial charge in [-0.25, -0.2) is 0 Å². The molecule has 0 aliphatic carbocycles.